The normalized spacial score (nSPS) is 18.9. The lowest BCUT2D eigenvalue weighted by Crippen LogP contribution is -2.55. The van der Waals surface area contributed by atoms with Gasteiger partial charge in [0.15, 0.2) is 0 Å². The lowest BCUT2D eigenvalue weighted by molar-refractivity contribution is -0.143. The first-order valence-electron chi connectivity index (χ1n) is 11.7. The number of aryl methyl sites for hydroxylation is 1. The molecule has 1 aromatic heterocycles. The Morgan fingerprint density at radius 3 is 2.36 bits per heavy atom. The molecule has 7 heteroatoms. The van der Waals surface area contributed by atoms with E-state index in [1.54, 1.807) is 0 Å². The largest absolute Gasteiger partial charge is 0.381 e. The van der Waals surface area contributed by atoms with Crippen LogP contribution >= 0.6 is 0 Å². The molecule has 0 aliphatic carbocycles. The topological polar surface area (TPSA) is 71.7 Å². The summed E-state index contributed by atoms with van der Waals surface area (Å²) in [6.45, 7) is 6.88. The van der Waals surface area contributed by atoms with Crippen molar-refractivity contribution in [1.82, 2.24) is 19.9 Å². The van der Waals surface area contributed by atoms with Crippen molar-refractivity contribution >= 4 is 5.91 Å². The molecule has 3 heterocycles. The van der Waals surface area contributed by atoms with E-state index >= 15 is 0 Å². The van der Waals surface area contributed by atoms with Gasteiger partial charge in [0.25, 0.3) is 0 Å². The summed E-state index contributed by atoms with van der Waals surface area (Å²) in [6, 6.07) is 18.3. The van der Waals surface area contributed by atoms with Gasteiger partial charge >= 0.3 is 0 Å². The summed E-state index contributed by atoms with van der Waals surface area (Å²) in [4.78, 5) is 22.6. The molecule has 0 radical (unpaired) electrons. The highest BCUT2D eigenvalue weighted by Gasteiger charge is 2.44. The van der Waals surface area contributed by atoms with E-state index in [1.807, 2.05) is 47.4 Å². The first-order valence-corrected chi connectivity index (χ1v) is 11.7. The van der Waals surface area contributed by atoms with Gasteiger partial charge < -0.3 is 14.2 Å². The molecule has 172 valence electrons. The van der Waals surface area contributed by atoms with Gasteiger partial charge in [-0.3, -0.25) is 9.69 Å². The second kappa shape index (κ2) is 9.45. The number of piperazine rings is 1. The molecule has 0 unspecified atom stereocenters. The van der Waals surface area contributed by atoms with Crippen molar-refractivity contribution in [3.63, 3.8) is 0 Å². The minimum atomic E-state index is -0.475. The highest BCUT2D eigenvalue weighted by molar-refractivity contribution is 5.88. The molecule has 2 fully saturated rings. The van der Waals surface area contributed by atoms with Crippen LogP contribution in [0.15, 0.2) is 59.1 Å². The number of hydrogen-bond donors (Lipinski definition) is 0. The van der Waals surface area contributed by atoms with Crippen molar-refractivity contribution < 1.29 is 14.1 Å². The Morgan fingerprint density at radius 2 is 1.67 bits per heavy atom. The third kappa shape index (κ3) is 4.56. The molecule has 1 amide bonds. The van der Waals surface area contributed by atoms with Gasteiger partial charge in [0.2, 0.25) is 17.6 Å². The minimum absolute atomic E-state index is 0.232. The molecule has 0 saturated carbocycles. The van der Waals surface area contributed by atoms with Crippen molar-refractivity contribution in [1.29, 1.82) is 0 Å². The number of ether oxygens (including phenoxy) is 1. The number of carbonyl (C=O) groups is 1. The van der Waals surface area contributed by atoms with Crippen molar-refractivity contribution in [2.45, 2.75) is 31.7 Å². The molecule has 5 rings (SSSR count). The van der Waals surface area contributed by atoms with Crippen molar-refractivity contribution in [3.05, 3.63) is 71.6 Å². The summed E-state index contributed by atoms with van der Waals surface area (Å²) in [5.74, 6) is 1.45. The fraction of sp³-hybridized carbons (Fsp3) is 0.423. The fourth-order valence-corrected chi connectivity index (χ4v) is 4.85. The highest BCUT2D eigenvalue weighted by Crippen LogP contribution is 2.37. The van der Waals surface area contributed by atoms with E-state index < -0.39 is 5.41 Å². The van der Waals surface area contributed by atoms with Gasteiger partial charge in [-0.25, -0.2) is 0 Å². The third-order valence-electron chi connectivity index (χ3n) is 6.88. The molecule has 0 spiro atoms. The summed E-state index contributed by atoms with van der Waals surface area (Å²) >= 11 is 0. The van der Waals surface area contributed by atoms with Gasteiger partial charge in [-0.2, -0.15) is 4.98 Å². The van der Waals surface area contributed by atoms with Crippen LogP contribution in [0.1, 0.15) is 29.9 Å². The number of rotatable bonds is 5. The molecule has 2 aliphatic heterocycles. The van der Waals surface area contributed by atoms with Crippen molar-refractivity contribution in [3.8, 4) is 11.4 Å². The number of amides is 1. The van der Waals surface area contributed by atoms with Crippen LogP contribution in [0.3, 0.4) is 0 Å². The summed E-state index contributed by atoms with van der Waals surface area (Å²) in [5, 5.41) is 4.14. The van der Waals surface area contributed by atoms with Crippen LogP contribution in [-0.2, 0) is 21.5 Å². The van der Waals surface area contributed by atoms with E-state index in [0.717, 1.165) is 37.1 Å². The lowest BCUT2D eigenvalue weighted by atomic mass is 9.73. The van der Waals surface area contributed by atoms with Crippen molar-refractivity contribution in [2.75, 3.05) is 39.4 Å². The van der Waals surface area contributed by atoms with E-state index in [1.165, 1.54) is 5.56 Å². The quantitative estimate of drug-likeness (QED) is 0.598. The SMILES string of the molecule is Cc1ccc(-c2noc(CN3CCN(C(=O)C4(c5ccccc5)CCOCC4)CC3)n2)cc1. The number of benzene rings is 2. The van der Waals surface area contributed by atoms with Crippen molar-refractivity contribution in [2.24, 2.45) is 0 Å². The molecule has 0 bridgehead atoms. The second-order valence-corrected chi connectivity index (χ2v) is 9.01. The summed E-state index contributed by atoms with van der Waals surface area (Å²) < 4.78 is 11.1. The minimum Gasteiger partial charge on any atom is -0.381 e. The molecule has 3 aromatic rings. The molecular formula is C26H30N4O3. The Labute approximate surface area is 194 Å². The Hall–Kier alpha value is -3.03. The van der Waals surface area contributed by atoms with E-state index in [0.29, 0.717) is 44.6 Å². The van der Waals surface area contributed by atoms with Crippen LogP contribution in [-0.4, -0.2) is 65.2 Å². The Kier molecular flexibility index (Phi) is 6.24. The van der Waals surface area contributed by atoms with Gasteiger partial charge in [0.05, 0.1) is 12.0 Å². The second-order valence-electron chi connectivity index (χ2n) is 9.01. The fourth-order valence-electron chi connectivity index (χ4n) is 4.85. The molecule has 0 atom stereocenters. The van der Waals surface area contributed by atoms with E-state index in [2.05, 4.69) is 34.1 Å². The monoisotopic (exact) mass is 446 g/mol. The zero-order valence-corrected chi connectivity index (χ0v) is 19.1. The van der Waals surface area contributed by atoms with Crippen LogP contribution in [0.25, 0.3) is 11.4 Å². The molecule has 2 saturated heterocycles. The van der Waals surface area contributed by atoms with Crippen LogP contribution in [0.2, 0.25) is 0 Å². The maximum absolute atomic E-state index is 13.7. The third-order valence-corrected chi connectivity index (χ3v) is 6.88. The average Bonchev–Trinajstić information content (AvgIpc) is 3.34. The number of nitrogens with zero attached hydrogens (tertiary/aromatic N) is 4. The molecule has 2 aliphatic rings. The highest BCUT2D eigenvalue weighted by atomic mass is 16.5. The first-order chi connectivity index (χ1) is 16.1. The number of aromatic nitrogens is 2. The summed E-state index contributed by atoms with van der Waals surface area (Å²) in [5.41, 5.74) is 2.78. The summed E-state index contributed by atoms with van der Waals surface area (Å²) in [6.07, 6.45) is 1.47. The van der Waals surface area contributed by atoms with Crippen LogP contribution < -0.4 is 0 Å². The Bertz CT molecular complexity index is 1070. The molecule has 33 heavy (non-hydrogen) atoms. The Morgan fingerprint density at radius 1 is 0.970 bits per heavy atom. The number of hydrogen-bond acceptors (Lipinski definition) is 6. The predicted molar refractivity (Wildman–Crippen MR) is 125 cm³/mol. The van der Waals surface area contributed by atoms with Gasteiger partial charge in [0, 0.05) is 45.0 Å². The lowest BCUT2D eigenvalue weighted by Gasteiger charge is -2.43. The molecule has 7 nitrogen and oxygen atoms in total. The van der Waals surface area contributed by atoms with E-state index in [9.17, 15) is 4.79 Å². The number of carbonyl (C=O) groups excluding carboxylic acids is 1. The molecule has 2 aromatic carbocycles. The standard InChI is InChI=1S/C26H30N4O3/c1-20-7-9-21(10-8-20)24-27-23(33-28-24)19-29-13-15-30(16-14-29)25(31)26(11-17-32-18-12-26)22-5-3-2-4-6-22/h2-10H,11-19H2,1H3. The maximum Gasteiger partial charge on any atom is 0.241 e. The van der Waals surface area contributed by atoms with Gasteiger partial charge in [-0.15, -0.1) is 0 Å². The van der Waals surface area contributed by atoms with E-state index in [4.69, 9.17) is 9.26 Å². The molecular weight excluding hydrogens is 416 g/mol. The zero-order valence-electron chi connectivity index (χ0n) is 19.1. The summed E-state index contributed by atoms with van der Waals surface area (Å²) in [7, 11) is 0. The Balaban J connectivity index is 1.22. The van der Waals surface area contributed by atoms with Gasteiger partial charge in [0.1, 0.15) is 0 Å². The first kappa shape index (κ1) is 21.8. The van der Waals surface area contributed by atoms with E-state index in [-0.39, 0.29) is 5.91 Å². The predicted octanol–water partition coefficient (Wildman–Crippen LogP) is 3.44. The van der Waals surface area contributed by atoms with Gasteiger partial charge in [-0.1, -0.05) is 65.3 Å². The smallest absolute Gasteiger partial charge is 0.241 e. The van der Waals surface area contributed by atoms with Crippen LogP contribution in [0.4, 0.5) is 0 Å². The zero-order chi connectivity index (χ0) is 22.7. The van der Waals surface area contributed by atoms with Gasteiger partial charge in [-0.05, 0) is 25.3 Å². The molecule has 0 N–H and O–H groups in total. The maximum atomic E-state index is 13.7. The average molecular weight is 447 g/mol. The van der Waals surface area contributed by atoms with Crippen LogP contribution in [0, 0.1) is 6.92 Å². The van der Waals surface area contributed by atoms with Crippen LogP contribution in [0.5, 0.6) is 0 Å².